The lowest BCUT2D eigenvalue weighted by Gasteiger charge is -2.33. The van der Waals surface area contributed by atoms with Crippen molar-refractivity contribution < 1.29 is 14.3 Å². The van der Waals surface area contributed by atoms with Crippen LogP contribution in [0, 0.1) is 0 Å². The van der Waals surface area contributed by atoms with E-state index in [1.54, 1.807) is 32.0 Å². The predicted molar refractivity (Wildman–Crippen MR) is 64.5 cm³/mol. The molecule has 0 aromatic heterocycles. The molecule has 5 nitrogen and oxygen atoms in total. The van der Waals surface area contributed by atoms with Gasteiger partial charge in [-0.2, -0.15) is 0 Å². The van der Waals surface area contributed by atoms with E-state index < -0.39 is 23.1 Å². The maximum atomic E-state index is 12.2. The number of hydrogen-bond donors (Lipinski definition) is 2. The Labute approximate surface area is 108 Å². The molecule has 3 rings (SSSR count). The number of halogens is 1. The summed E-state index contributed by atoms with van der Waals surface area (Å²) in [5.74, 6) is 0.139. The molecule has 1 fully saturated rings. The lowest BCUT2D eigenvalue weighted by Crippen LogP contribution is -2.58. The van der Waals surface area contributed by atoms with Crippen molar-refractivity contribution in [2.45, 2.75) is 25.0 Å². The molecule has 0 saturated carbocycles. The summed E-state index contributed by atoms with van der Waals surface area (Å²) in [7, 11) is 0. The molecule has 94 valence electrons. The number of imide groups is 1. The second kappa shape index (κ2) is 3.17. The molecule has 2 aliphatic heterocycles. The van der Waals surface area contributed by atoms with Crippen molar-refractivity contribution in [3.8, 4) is 5.75 Å². The molecule has 1 aromatic carbocycles. The first-order valence-electron chi connectivity index (χ1n) is 5.49. The lowest BCUT2D eigenvalue weighted by molar-refractivity contribution is -0.129. The third-order valence-electron chi connectivity index (χ3n) is 3.48. The highest BCUT2D eigenvalue weighted by Crippen LogP contribution is 2.49. The van der Waals surface area contributed by atoms with Crippen LogP contribution in [0.4, 0.5) is 4.79 Å². The fourth-order valence-electron chi connectivity index (χ4n) is 2.63. The van der Waals surface area contributed by atoms with Crippen LogP contribution in [0.5, 0.6) is 5.75 Å². The Balaban J connectivity index is 2.28. The zero-order chi connectivity index (χ0) is 13.1. The fourth-order valence-corrected chi connectivity index (χ4v) is 2.80. The minimum absolute atomic E-state index is 0.418. The number of carbonyl (C=O) groups excluding carboxylic acids is 2. The Hall–Kier alpha value is -1.75. The van der Waals surface area contributed by atoms with Crippen molar-refractivity contribution in [2.24, 2.45) is 0 Å². The summed E-state index contributed by atoms with van der Waals surface area (Å²) in [5, 5.41) is 5.41. The molecule has 1 saturated heterocycles. The summed E-state index contributed by atoms with van der Waals surface area (Å²) in [5.41, 5.74) is -1.51. The molecule has 6 heteroatoms. The average Bonchev–Trinajstić information content (AvgIpc) is 2.67. The summed E-state index contributed by atoms with van der Waals surface area (Å²) in [6.07, 6.45) is 0. The van der Waals surface area contributed by atoms with E-state index in [0.717, 1.165) is 0 Å². The van der Waals surface area contributed by atoms with Gasteiger partial charge in [-0.25, -0.2) is 4.79 Å². The minimum atomic E-state index is -1.22. The third kappa shape index (κ3) is 1.17. The number of rotatable bonds is 0. The van der Waals surface area contributed by atoms with Gasteiger partial charge in [-0.15, -0.1) is 0 Å². The summed E-state index contributed by atoms with van der Waals surface area (Å²) in [6, 6.07) is 4.51. The summed E-state index contributed by atoms with van der Waals surface area (Å²) in [4.78, 5) is 23.6. The smallest absolute Gasteiger partial charge is 0.322 e. The number of amides is 3. The lowest BCUT2D eigenvalue weighted by atomic mass is 9.78. The number of hydrogen-bond acceptors (Lipinski definition) is 3. The standard InChI is InChI=1S/C12H11ClN2O3/c1-11(2)12(9(16)14-10(17)15-12)7-5-6(13)3-4-8(7)18-11/h3-5H,1-2H3,(H2,14,15,16,17). The zero-order valence-electron chi connectivity index (χ0n) is 9.83. The molecule has 2 heterocycles. The van der Waals surface area contributed by atoms with Gasteiger partial charge in [-0.3, -0.25) is 10.1 Å². The highest BCUT2D eigenvalue weighted by molar-refractivity contribution is 6.30. The van der Waals surface area contributed by atoms with Crippen LogP contribution in [0.3, 0.4) is 0 Å². The highest BCUT2D eigenvalue weighted by Gasteiger charge is 2.64. The SMILES string of the molecule is CC1(C)Oc2ccc(Cl)cc2C12NC(=O)NC2=O. The first-order valence-corrected chi connectivity index (χ1v) is 5.87. The first kappa shape index (κ1) is 11.3. The molecule has 2 N–H and O–H groups in total. The predicted octanol–water partition coefficient (Wildman–Crippen LogP) is 1.55. The van der Waals surface area contributed by atoms with Crippen molar-refractivity contribution >= 4 is 23.5 Å². The maximum Gasteiger partial charge on any atom is 0.322 e. The Morgan fingerprint density at radius 2 is 2.00 bits per heavy atom. The van der Waals surface area contributed by atoms with Crippen molar-refractivity contribution in [3.05, 3.63) is 28.8 Å². The zero-order valence-corrected chi connectivity index (χ0v) is 10.6. The highest BCUT2D eigenvalue weighted by atomic mass is 35.5. The molecule has 18 heavy (non-hydrogen) atoms. The van der Waals surface area contributed by atoms with Gasteiger partial charge in [0, 0.05) is 10.6 Å². The number of ether oxygens (including phenoxy) is 1. The second-order valence-electron chi connectivity index (χ2n) is 4.91. The van der Waals surface area contributed by atoms with E-state index in [1.165, 1.54) is 0 Å². The monoisotopic (exact) mass is 266 g/mol. The van der Waals surface area contributed by atoms with Crippen LogP contribution >= 0.6 is 11.6 Å². The molecule has 0 aliphatic carbocycles. The van der Waals surface area contributed by atoms with Gasteiger partial charge in [0.15, 0.2) is 5.54 Å². The molecule has 1 spiro atoms. The Morgan fingerprint density at radius 3 is 2.61 bits per heavy atom. The molecule has 0 bridgehead atoms. The second-order valence-corrected chi connectivity index (χ2v) is 5.35. The van der Waals surface area contributed by atoms with Crippen LogP contribution < -0.4 is 15.4 Å². The van der Waals surface area contributed by atoms with Gasteiger partial charge < -0.3 is 10.1 Å². The Morgan fingerprint density at radius 1 is 1.28 bits per heavy atom. The molecular formula is C12H11ClN2O3. The number of nitrogens with one attached hydrogen (secondary N) is 2. The largest absolute Gasteiger partial charge is 0.484 e. The van der Waals surface area contributed by atoms with Gasteiger partial charge in [0.2, 0.25) is 0 Å². The van der Waals surface area contributed by atoms with Gasteiger partial charge in [-0.05, 0) is 32.0 Å². The molecule has 2 aliphatic rings. The van der Waals surface area contributed by atoms with E-state index in [4.69, 9.17) is 16.3 Å². The van der Waals surface area contributed by atoms with Gasteiger partial charge in [-0.1, -0.05) is 11.6 Å². The average molecular weight is 267 g/mol. The number of fused-ring (bicyclic) bond motifs is 2. The third-order valence-corrected chi connectivity index (χ3v) is 3.72. The summed E-state index contributed by atoms with van der Waals surface area (Å²) in [6.45, 7) is 3.51. The van der Waals surface area contributed by atoms with Crippen LogP contribution in [0.15, 0.2) is 18.2 Å². The molecule has 3 amide bonds. The quantitative estimate of drug-likeness (QED) is 0.700. The van der Waals surface area contributed by atoms with Crippen molar-refractivity contribution in [1.29, 1.82) is 0 Å². The van der Waals surface area contributed by atoms with E-state index in [-0.39, 0.29) is 0 Å². The van der Waals surface area contributed by atoms with Gasteiger partial charge >= 0.3 is 6.03 Å². The molecule has 1 unspecified atom stereocenters. The maximum absolute atomic E-state index is 12.2. The molecule has 1 atom stereocenters. The Bertz CT molecular complexity index is 585. The normalized spacial score (nSPS) is 27.7. The van der Waals surface area contributed by atoms with E-state index in [2.05, 4.69) is 10.6 Å². The van der Waals surface area contributed by atoms with Crippen LogP contribution in [-0.4, -0.2) is 17.5 Å². The first-order chi connectivity index (χ1) is 8.37. The fraction of sp³-hybridized carbons (Fsp3) is 0.333. The summed E-state index contributed by atoms with van der Waals surface area (Å²) >= 11 is 5.96. The molecule has 1 aromatic rings. The topological polar surface area (TPSA) is 67.4 Å². The summed E-state index contributed by atoms with van der Waals surface area (Å²) < 4.78 is 5.77. The van der Waals surface area contributed by atoms with E-state index >= 15 is 0 Å². The minimum Gasteiger partial charge on any atom is -0.484 e. The van der Waals surface area contributed by atoms with Gasteiger partial charge in [0.05, 0.1) is 0 Å². The van der Waals surface area contributed by atoms with Gasteiger partial charge in [0.1, 0.15) is 11.4 Å². The van der Waals surface area contributed by atoms with E-state index in [0.29, 0.717) is 16.3 Å². The van der Waals surface area contributed by atoms with E-state index in [1.807, 2.05) is 0 Å². The van der Waals surface area contributed by atoms with Crippen molar-refractivity contribution in [2.75, 3.05) is 0 Å². The molecular weight excluding hydrogens is 256 g/mol. The number of benzene rings is 1. The molecule has 0 radical (unpaired) electrons. The van der Waals surface area contributed by atoms with Crippen molar-refractivity contribution in [3.63, 3.8) is 0 Å². The van der Waals surface area contributed by atoms with Crippen LogP contribution in [0.1, 0.15) is 19.4 Å². The van der Waals surface area contributed by atoms with Gasteiger partial charge in [0.25, 0.3) is 5.91 Å². The van der Waals surface area contributed by atoms with Crippen LogP contribution in [0.25, 0.3) is 0 Å². The van der Waals surface area contributed by atoms with Crippen molar-refractivity contribution in [1.82, 2.24) is 10.6 Å². The van der Waals surface area contributed by atoms with E-state index in [9.17, 15) is 9.59 Å². The number of carbonyl (C=O) groups is 2. The Kier molecular flexibility index (Phi) is 2.00. The number of urea groups is 1. The van der Waals surface area contributed by atoms with Crippen LogP contribution in [-0.2, 0) is 10.3 Å². The van der Waals surface area contributed by atoms with Crippen LogP contribution in [0.2, 0.25) is 5.02 Å².